The lowest BCUT2D eigenvalue weighted by molar-refractivity contribution is 0.191. The summed E-state index contributed by atoms with van der Waals surface area (Å²) in [7, 11) is 0. The first-order valence-electron chi connectivity index (χ1n) is 7.70. The van der Waals surface area contributed by atoms with Crippen LogP contribution in [-0.4, -0.2) is 30.1 Å². The van der Waals surface area contributed by atoms with E-state index in [2.05, 4.69) is 55.3 Å². The highest BCUT2D eigenvalue weighted by molar-refractivity contribution is 5.21. The molecule has 1 aliphatic rings. The maximum absolute atomic E-state index is 3.78. The second kappa shape index (κ2) is 6.53. The first-order valence-corrected chi connectivity index (χ1v) is 7.70. The fourth-order valence-corrected chi connectivity index (χ4v) is 3.03. The molecule has 1 fully saturated rings. The van der Waals surface area contributed by atoms with Crippen LogP contribution >= 0.6 is 0 Å². The van der Waals surface area contributed by atoms with E-state index in [1.165, 1.54) is 43.5 Å². The Morgan fingerprint density at radius 3 is 2.47 bits per heavy atom. The number of hydrogen-bond donors (Lipinski definition) is 1. The van der Waals surface area contributed by atoms with E-state index in [-0.39, 0.29) is 0 Å². The van der Waals surface area contributed by atoms with E-state index in [1.807, 2.05) is 0 Å². The summed E-state index contributed by atoms with van der Waals surface area (Å²) in [5.74, 6) is 0. The first-order chi connectivity index (χ1) is 9.17. The van der Waals surface area contributed by atoms with E-state index in [0.717, 1.165) is 13.1 Å². The molecular formula is C17H28N2. The molecule has 0 radical (unpaired) electrons. The number of hydrogen-bond acceptors (Lipinski definition) is 2. The minimum absolute atomic E-state index is 0.321. The molecule has 1 aliphatic heterocycles. The van der Waals surface area contributed by atoms with E-state index >= 15 is 0 Å². The maximum atomic E-state index is 3.78. The van der Waals surface area contributed by atoms with Gasteiger partial charge in [0.2, 0.25) is 0 Å². The van der Waals surface area contributed by atoms with Gasteiger partial charge in [0.1, 0.15) is 0 Å². The van der Waals surface area contributed by atoms with Crippen molar-refractivity contribution in [3.8, 4) is 0 Å². The molecular weight excluding hydrogens is 232 g/mol. The van der Waals surface area contributed by atoms with Crippen LogP contribution in [0.3, 0.4) is 0 Å². The van der Waals surface area contributed by atoms with E-state index in [9.17, 15) is 0 Å². The number of nitrogens with zero attached hydrogens (tertiary/aromatic N) is 1. The van der Waals surface area contributed by atoms with Crippen LogP contribution in [0.1, 0.15) is 44.2 Å². The van der Waals surface area contributed by atoms with Crippen molar-refractivity contribution >= 4 is 0 Å². The lowest BCUT2D eigenvalue weighted by Crippen LogP contribution is -2.50. The van der Waals surface area contributed by atoms with Gasteiger partial charge in [0.25, 0.3) is 0 Å². The van der Waals surface area contributed by atoms with Gasteiger partial charge in [-0.1, -0.05) is 43.7 Å². The molecule has 0 amide bonds. The third kappa shape index (κ3) is 3.80. The summed E-state index contributed by atoms with van der Waals surface area (Å²) in [5.41, 5.74) is 3.10. The second-order valence-electron chi connectivity index (χ2n) is 5.96. The minimum atomic E-state index is 0.321. The predicted molar refractivity (Wildman–Crippen MR) is 82.4 cm³/mol. The molecule has 1 N–H and O–H groups in total. The Bertz CT molecular complexity index is 379. The van der Waals surface area contributed by atoms with Crippen molar-refractivity contribution < 1.29 is 0 Å². The average Bonchev–Trinajstić information content (AvgIpc) is 2.64. The van der Waals surface area contributed by atoms with Crippen molar-refractivity contribution in [2.75, 3.05) is 19.6 Å². The molecule has 0 spiro atoms. The standard InChI is InChI=1S/C17H28N2/c1-4-17(5-2)14-19(12-6-11-18-17)13-16-9-7-15(3)8-10-16/h7-10,18H,4-6,11-14H2,1-3H3. The summed E-state index contributed by atoms with van der Waals surface area (Å²) in [6.45, 7) is 11.4. The van der Waals surface area contributed by atoms with Crippen molar-refractivity contribution in [3.05, 3.63) is 35.4 Å². The quantitative estimate of drug-likeness (QED) is 0.893. The molecule has 0 unspecified atom stereocenters. The molecule has 106 valence electrons. The molecule has 0 aromatic heterocycles. The molecule has 1 saturated heterocycles. The Morgan fingerprint density at radius 1 is 1.16 bits per heavy atom. The van der Waals surface area contributed by atoms with Crippen molar-refractivity contribution in [3.63, 3.8) is 0 Å². The molecule has 2 heteroatoms. The predicted octanol–water partition coefficient (Wildman–Crippen LogP) is 3.35. The van der Waals surface area contributed by atoms with Crippen LogP contribution in [0.2, 0.25) is 0 Å². The number of aryl methyl sites for hydroxylation is 1. The highest BCUT2D eigenvalue weighted by Crippen LogP contribution is 2.21. The molecule has 2 nitrogen and oxygen atoms in total. The van der Waals surface area contributed by atoms with Gasteiger partial charge in [-0.25, -0.2) is 0 Å². The van der Waals surface area contributed by atoms with Gasteiger partial charge in [-0.2, -0.15) is 0 Å². The molecule has 0 bridgehead atoms. The normalized spacial score (nSPS) is 20.2. The van der Waals surface area contributed by atoms with Crippen molar-refractivity contribution in [2.45, 2.75) is 52.1 Å². The van der Waals surface area contributed by atoms with Crippen LogP contribution in [0.5, 0.6) is 0 Å². The van der Waals surface area contributed by atoms with Gasteiger partial charge in [0, 0.05) is 18.6 Å². The molecule has 0 atom stereocenters. The highest BCUT2D eigenvalue weighted by Gasteiger charge is 2.29. The first kappa shape index (κ1) is 14.5. The molecule has 19 heavy (non-hydrogen) atoms. The largest absolute Gasteiger partial charge is 0.310 e. The van der Waals surface area contributed by atoms with Gasteiger partial charge in [-0.3, -0.25) is 4.90 Å². The Morgan fingerprint density at radius 2 is 1.84 bits per heavy atom. The van der Waals surface area contributed by atoms with Gasteiger partial charge in [-0.15, -0.1) is 0 Å². The van der Waals surface area contributed by atoms with Gasteiger partial charge in [-0.05, 0) is 44.8 Å². The topological polar surface area (TPSA) is 15.3 Å². The molecule has 1 aromatic carbocycles. The summed E-state index contributed by atoms with van der Waals surface area (Å²) in [5, 5.41) is 3.78. The zero-order valence-electron chi connectivity index (χ0n) is 12.7. The fourth-order valence-electron chi connectivity index (χ4n) is 3.03. The molecule has 1 aromatic rings. The van der Waals surface area contributed by atoms with E-state index < -0.39 is 0 Å². The van der Waals surface area contributed by atoms with Crippen LogP contribution in [0.4, 0.5) is 0 Å². The van der Waals surface area contributed by atoms with Crippen LogP contribution in [0.25, 0.3) is 0 Å². The van der Waals surface area contributed by atoms with Crippen molar-refractivity contribution in [1.82, 2.24) is 10.2 Å². The smallest absolute Gasteiger partial charge is 0.0303 e. The van der Waals surface area contributed by atoms with Crippen LogP contribution in [-0.2, 0) is 6.54 Å². The Hall–Kier alpha value is -0.860. The summed E-state index contributed by atoms with van der Waals surface area (Å²) in [6.07, 6.45) is 3.69. The lowest BCUT2D eigenvalue weighted by Gasteiger charge is -2.35. The Kier molecular flexibility index (Phi) is 5.00. The van der Waals surface area contributed by atoms with Crippen LogP contribution in [0, 0.1) is 6.92 Å². The number of rotatable bonds is 4. The summed E-state index contributed by atoms with van der Waals surface area (Å²) < 4.78 is 0. The van der Waals surface area contributed by atoms with Gasteiger partial charge >= 0.3 is 0 Å². The second-order valence-corrected chi connectivity index (χ2v) is 5.96. The monoisotopic (exact) mass is 260 g/mol. The van der Waals surface area contributed by atoms with Crippen LogP contribution in [0.15, 0.2) is 24.3 Å². The van der Waals surface area contributed by atoms with E-state index in [0.29, 0.717) is 5.54 Å². The summed E-state index contributed by atoms with van der Waals surface area (Å²) in [4.78, 5) is 2.62. The van der Waals surface area contributed by atoms with Gasteiger partial charge in [0.05, 0.1) is 0 Å². The number of benzene rings is 1. The zero-order valence-corrected chi connectivity index (χ0v) is 12.7. The van der Waals surface area contributed by atoms with Crippen molar-refractivity contribution in [2.24, 2.45) is 0 Å². The summed E-state index contributed by atoms with van der Waals surface area (Å²) >= 11 is 0. The van der Waals surface area contributed by atoms with Crippen molar-refractivity contribution in [1.29, 1.82) is 0 Å². The number of nitrogens with one attached hydrogen (secondary N) is 1. The maximum Gasteiger partial charge on any atom is 0.0303 e. The van der Waals surface area contributed by atoms with Gasteiger partial charge in [0.15, 0.2) is 0 Å². The molecule has 2 rings (SSSR count). The van der Waals surface area contributed by atoms with E-state index in [1.54, 1.807) is 0 Å². The third-order valence-electron chi connectivity index (χ3n) is 4.56. The van der Waals surface area contributed by atoms with E-state index in [4.69, 9.17) is 0 Å². The Balaban J connectivity index is 2.04. The minimum Gasteiger partial charge on any atom is -0.310 e. The fraction of sp³-hybridized carbons (Fsp3) is 0.647. The molecule has 1 heterocycles. The third-order valence-corrected chi connectivity index (χ3v) is 4.56. The molecule has 0 saturated carbocycles. The summed E-state index contributed by atoms with van der Waals surface area (Å²) in [6, 6.07) is 8.98. The zero-order chi connectivity index (χ0) is 13.7. The SMILES string of the molecule is CCC1(CC)CN(Cc2ccc(C)cc2)CCCN1. The van der Waals surface area contributed by atoms with Gasteiger partial charge < -0.3 is 5.32 Å². The average molecular weight is 260 g/mol. The Labute approximate surface area is 118 Å². The van der Waals surface area contributed by atoms with Crippen LogP contribution < -0.4 is 5.32 Å². The molecule has 0 aliphatic carbocycles. The highest BCUT2D eigenvalue weighted by atomic mass is 15.2. The lowest BCUT2D eigenvalue weighted by atomic mass is 9.92.